The van der Waals surface area contributed by atoms with Crippen LogP contribution in [0.5, 0.6) is 0 Å². The van der Waals surface area contributed by atoms with Gasteiger partial charge in [0.25, 0.3) is 11.6 Å². The molecule has 1 amide bonds. The van der Waals surface area contributed by atoms with Gasteiger partial charge in [-0.3, -0.25) is 14.9 Å². The maximum Gasteiger partial charge on any atom is 0.272 e. The van der Waals surface area contributed by atoms with E-state index in [1.54, 1.807) is 26.2 Å². The largest absolute Gasteiger partial charge is 0.368 e. The Hall–Kier alpha value is -3.03. The second-order valence-corrected chi connectivity index (χ2v) is 4.50. The van der Waals surface area contributed by atoms with Crippen molar-refractivity contribution in [3.63, 3.8) is 0 Å². The van der Waals surface area contributed by atoms with Gasteiger partial charge in [-0.05, 0) is 6.07 Å². The van der Waals surface area contributed by atoms with E-state index < -0.39 is 4.92 Å². The van der Waals surface area contributed by atoms with Crippen molar-refractivity contribution in [3.05, 3.63) is 46.1 Å². The molecule has 0 bridgehead atoms. The second-order valence-electron chi connectivity index (χ2n) is 4.50. The predicted octanol–water partition coefficient (Wildman–Crippen LogP) is 1.34. The quantitative estimate of drug-likeness (QED) is 0.672. The summed E-state index contributed by atoms with van der Waals surface area (Å²) in [6.45, 7) is 0. The lowest BCUT2D eigenvalue weighted by atomic mass is 10.1. The molecule has 1 heterocycles. The highest BCUT2D eigenvalue weighted by atomic mass is 16.6. The summed E-state index contributed by atoms with van der Waals surface area (Å²) in [7, 11) is 3.18. The molecule has 0 aliphatic heterocycles. The Kier molecular flexibility index (Phi) is 3.79. The van der Waals surface area contributed by atoms with Crippen molar-refractivity contribution in [1.29, 1.82) is 0 Å². The molecule has 8 nitrogen and oxygen atoms in total. The molecule has 2 aromatic rings. The molecular formula is C13H13N5O3. The number of rotatable bonds is 3. The van der Waals surface area contributed by atoms with Crippen LogP contribution in [-0.2, 0) is 0 Å². The van der Waals surface area contributed by atoms with E-state index in [0.29, 0.717) is 11.3 Å². The lowest BCUT2D eigenvalue weighted by molar-refractivity contribution is -0.384. The fourth-order valence-electron chi connectivity index (χ4n) is 1.73. The molecule has 0 spiro atoms. The molecule has 2 N–H and O–H groups in total. The van der Waals surface area contributed by atoms with E-state index in [-0.39, 0.29) is 23.2 Å². The van der Waals surface area contributed by atoms with Gasteiger partial charge in [-0.25, -0.2) is 9.97 Å². The van der Waals surface area contributed by atoms with Crippen LogP contribution in [0.25, 0.3) is 11.3 Å². The Balaban J connectivity index is 2.52. The molecule has 0 saturated heterocycles. The van der Waals surface area contributed by atoms with Gasteiger partial charge in [0.05, 0.1) is 10.6 Å². The van der Waals surface area contributed by atoms with Crippen LogP contribution in [0.3, 0.4) is 0 Å². The third kappa shape index (κ3) is 3.11. The molecule has 0 aliphatic rings. The maximum absolute atomic E-state index is 11.9. The number of hydrogen-bond donors (Lipinski definition) is 1. The Morgan fingerprint density at radius 3 is 2.62 bits per heavy atom. The van der Waals surface area contributed by atoms with Crippen molar-refractivity contribution >= 4 is 17.5 Å². The number of nitro groups is 1. The number of nitro benzene ring substituents is 1. The van der Waals surface area contributed by atoms with Gasteiger partial charge in [0, 0.05) is 31.8 Å². The van der Waals surface area contributed by atoms with Gasteiger partial charge in [-0.1, -0.05) is 12.1 Å². The topological polar surface area (TPSA) is 115 Å². The number of nitrogens with two attached hydrogens (primary N) is 1. The van der Waals surface area contributed by atoms with Gasteiger partial charge in [0.15, 0.2) is 0 Å². The van der Waals surface area contributed by atoms with Gasteiger partial charge in [-0.15, -0.1) is 0 Å². The van der Waals surface area contributed by atoms with Crippen LogP contribution < -0.4 is 5.73 Å². The van der Waals surface area contributed by atoms with E-state index in [2.05, 4.69) is 9.97 Å². The summed E-state index contributed by atoms with van der Waals surface area (Å²) in [4.78, 5) is 31.5. The summed E-state index contributed by atoms with van der Waals surface area (Å²) in [5.41, 5.74) is 6.52. The highest BCUT2D eigenvalue weighted by Gasteiger charge is 2.15. The summed E-state index contributed by atoms with van der Waals surface area (Å²) in [6, 6.07) is 7.39. The standard InChI is InChI=1S/C13H13N5O3/c1-17(2)12(19)11-7-10(15-13(14)16-11)8-4-3-5-9(6-8)18(20)21/h3-7H,1-2H3,(H2,14,15,16). The SMILES string of the molecule is CN(C)C(=O)c1cc(-c2cccc([N+](=O)[O-])c2)nc(N)n1. The van der Waals surface area contributed by atoms with Gasteiger partial charge in [0.2, 0.25) is 5.95 Å². The van der Waals surface area contributed by atoms with Crippen LogP contribution >= 0.6 is 0 Å². The molecule has 1 aromatic carbocycles. The van der Waals surface area contributed by atoms with Crippen LogP contribution in [0.1, 0.15) is 10.5 Å². The van der Waals surface area contributed by atoms with Crippen molar-refractivity contribution < 1.29 is 9.72 Å². The summed E-state index contributed by atoms with van der Waals surface area (Å²) < 4.78 is 0. The molecule has 8 heteroatoms. The Labute approximate surface area is 120 Å². The molecule has 0 fully saturated rings. The highest BCUT2D eigenvalue weighted by Crippen LogP contribution is 2.23. The molecule has 21 heavy (non-hydrogen) atoms. The minimum absolute atomic E-state index is 0.0647. The van der Waals surface area contributed by atoms with E-state index in [9.17, 15) is 14.9 Å². The number of benzene rings is 1. The lowest BCUT2D eigenvalue weighted by Gasteiger charge is -2.10. The van der Waals surface area contributed by atoms with E-state index in [4.69, 9.17) is 5.73 Å². The Morgan fingerprint density at radius 1 is 1.29 bits per heavy atom. The number of amides is 1. The summed E-state index contributed by atoms with van der Waals surface area (Å²) in [5, 5.41) is 10.8. The lowest BCUT2D eigenvalue weighted by Crippen LogP contribution is -2.23. The summed E-state index contributed by atoms with van der Waals surface area (Å²) in [5.74, 6) is -0.389. The monoisotopic (exact) mass is 287 g/mol. The zero-order valence-electron chi connectivity index (χ0n) is 11.5. The molecule has 0 atom stereocenters. The zero-order chi connectivity index (χ0) is 15.6. The third-order valence-electron chi connectivity index (χ3n) is 2.72. The normalized spacial score (nSPS) is 10.2. The van der Waals surface area contributed by atoms with Gasteiger partial charge >= 0.3 is 0 Å². The minimum atomic E-state index is -0.500. The van der Waals surface area contributed by atoms with Crippen molar-refractivity contribution in [2.24, 2.45) is 0 Å². The molecule has 0 saturated carbocycles. The zero-order valence-corrected chi connectivity index (χ0v) is 11.5. The van der Waals surface area contributed by atoms with Crippen LogP contribution in [0.2, 0.25) is 0 Å². The number of nitrogens with zero attached hydrogens (tertiary/aromatic N) is 4. The van der Waals surface area contributed by atoms with E-state index in [1.807, 2.05) is 0 Å². The highest BCUT2D eigenvalue weighted by molar-refractivity contribution is 5.93. The molecule has 108 valence electrons. The maximum atomic E-state index is 11.9. The van der Waals surface area contributed by atoms with Crippen LogP contribution in [-0.4, -0.2) is 39.8 Å². The van der Waals surface area contributed by atoms with Crippen molar-refractivity contribution in [2.75, 3.05) is 19.8 Å². The van der Waals surface area contributed by atoms with Crippen LogP contribution in [0.15, 0.2) is 30.3 Å². The number of aromatic nitrogens is 2. The first kappa shape index (κ1) is 14.4. The summed E-state index contributed by atoms with van der Waals surface area (Å²) in [6.07, 6.45) is 0. The number of non-ortho nitro benzene ring substituents is 1. The first-order chi connectivity index (χ1) is 9.88. The number of anilines is 1. The molecule has 0 unspecified atom stereocenters. The van der Waals surface area contributed by atoms with E-state index >= 15 is 0 Å². The molecule has 0 aliphatic carbocycles. The number of nitrogen functional groups attached to an aromatic ring is 1. The van der Waals surface area contributed by atoms with E-state index in [1.165, 1.54) is 23.1 Å². The summed E-state index contributed by atoms with van der Waals surface area (Å²) >= 11 is 0. The minimum Gasteiger partial charge on any atom is -0.368 e. The smallest absolute Gasteiger partial charge is 0.272 e. The van der Waals surface area contributed by atoms with Crippen molar-refractivity contribution in [1.82, 2.24) is 14.9 Å². The average molecular weight is 287 g/mol. The molecular weight excluding hydrogens is 274 g/mol. The van der Waals surface area contributed by atoms with Crippen LogP contribution in [0.4, 0.5) is 11.6 Å². The van der Waals surface area contributed by atoms with Gasteiger partial charge < -0.3 is 10.6 Å². The first-order valence-corrected chi connectivity index (χ1v) is 5.99. The fourth-order valence-corrected chi connectivity index (χ4v) is 1.73. The van der Waals surface area contributed by atoms with Crippen molar-refractivity contribution in [2.45, 2.75) is 0 Å². The molecule has 2 rings (SSSR count). The molecule has 1 aromatic heterocycles. The van der Waals surface area contributed by atoms with Gasteiger partial charge in [0.1, 0.15) is 5.69 Å². The number of carbonyl (C=O) groups is 1. The number of carbonyl (C=O) groups excluding carboxylic acids is 1. The molecule has 0 radical (unpaired) electrons. The number of hydrogen-bond acceptors (Lipinski definition) is 6. The van der Waals surface area contributed by atoms with E-state index in [0.717, 1.165) is 0 Å². The van der Waals surface area contributed by atoms with Gasteiger partial charge in [-0.2, -0.15) is 0 Å². The second kappa shape index (κ2) is 5.53. The Bertz CT molecular complexity index is 715. The third-order valence-corrected chi connectivity index (χ3v) is 2.72. The van der Waals surface area contributed by atoms with Crippen molar-refractivity contribution in [3.8, 4) is 11.3 Å². The average Bonchev–Trinajstić information content (AvgIpc) is 2.45. The first-order valence-electron chi connectivity index (χ1n) is 5.99. The predicted molar refractivity (Wildman–Crippen MR) is 76.6 cm³/mol. The Morgan fingerprint density at radius 2 is 2.00 bits per heavy atom. The fraction of sp³-hybridized carbons (Fsp3) is 0.154. The van der Waals surface area contributed by atoms with Crippen LogP contribution in [0, 0.1) is 10.1 Å².